The van der Waals surface area contributed by atoms with E-state index in [9.17, 15) is 4.79 Å². The van der Waals surface area contributed by atoms with Crippen molar-refractivity contribution >= 4 is 11.7 Å². The summed E-state index contributed by atoms with van der Waals surface area (Å²) in [6.07, 6.45) is 0.997. The van der Waals surface area contributed by atoms with Gasteiger partial charge in [0.1, 0.15) is 5.84 Å². The van der Waals surface area contributed by atoms with Gasteiger partial charge in [0.25, 0.3) is 0 Å². The zero-order chi connectivity index (χ0) is 9.68. The lowest BCUT2D eigenvalue weighted by atomic mass is 10.2. The average Bonchev–Trinajstić information content (AvgIpc) is 2.51. The molecule has 6 nitrogen and oxygen atoms in total. The van der Waals surface area contributed by atoms with Crippen molar-refractivity contribution in [2.75, 3.05) is 13.1 Å². The number of carbonyl (C=O) groups is 1. The molecule has 1 atom stereocenters. The Morgan fingerprint density at radius 1 is 1.85 bits per heavy atom. The highest BCUT2D eigenvalue weighted by Crippen LogP contribution is 1.98. The predicted molar refractivity (Wildman–Crippen MR) is 47.4 cm³/mol. The van der Waals surface area contributed by atoms with Crippen molar-refractivity contribution in [2.45, 2.75) is 18.9 Å². The van der Waals surface area contributed by atoms with Crippen LogP contribution in [-0.2, 0) is 4.79 Å². The third-order valence-electron chi connectivity index (χ3n) is 1.92. The van der Waals surface area contributed by atoms with E-state index in [0.717, 1.165) is 0 Å². The standard InChI is InChI=1S/C7H14N4O2/c8-6(11-13)1-2-9-5-3-7(12)10-4-5/h5,9,13H,1-4H2,(H2,8,11)(H,10,12). The number of amides is 1. The summed E-state index contributed by atoms with van der Waals surface area (Å²) in [5, 5.41) is 16.9. The Kier molecular flexibility index (Phi) is 3.51. The molecule has 1 rings (SSSR count). The van der Waals surface area contributed by atoms with E-state index < -0.39 is 0 Å². The Hall–Kier alpha value is -1.30. The van der Waals surface area contributed by atoms with Crippen LogP contribution in [0, 0.1) is 0 Å². The van der Waals surface area contributed by atoms with Gasteiger partial charge in [0.2, 0.25) is 5.91 Å². The maximum Gasteiger partial charge on any atom is 0.221 e. The third kappa shape index (κ3) is 3.29. The SMILES string of the molecule is NC(CCNC1CNC(=O)C1)=NO. The quantitative estimate of drug-likeness (QED) is 0.188. The van der Waals surface area contributed by atoms with Crippen LogP contribution in [0.3, 0.4) is 0 Å². The Morgan fingerprint density at radius 2 is 2.62 bits per heavy atom. The van der Waals surface area contributed by atoms with Crippen molar-refractivity contribution in [3.63, 3.8) is 0 Å². The number of carbonyl (C=O) groups excluding carboxylic acids is 1. The number of hydrogen-bond acceptors (Lipinski definition) is 4. The van der Waals surface area contributed by atoms with Gasteiger partial charge in [0.05, 0.1) is 0 Å². The minimum absolute atomic E-state index is 0.0706. The minimum atomic E-state index is 0.0706. The van der Waals surface area contributed by atoms with E-state index in [-0.39, 0.29) is 17.8 Å². The van der Waals surface area contributed by atoms with Crippen LogP contribution in [0.25, 0.3) is 0 Å². The summed E-state index contributed by atoms with van der Waals surface area (Å²) in [6.45, 7) is 1.28. The largest absolute Gasteiger partial charge is 0.409 e. The van der Waals surface area contributed by atoms with Gasteiger partial charge >= 0.3 is 0 Å². The van der Waals surface area contributed by atoms with Gasteiger partial charge < -0.3 is 21.6 Å². The van der Waals surface area contributed by atoms with E-state index in [2.05, 4.69) is 15.8 Å². The highest BCUT2D eigenvalue weighted by molar-refractivity contribution is 5.80. The number of oxime groups is 1. The summed E-state index contributed by atoms with van der Waals surface area (Å²) in [7, 11) is 0. The number of amidine groups is 1. The van der Waals surface area contributed by atoms with Crippen LogP contribution >= 0.6 is 0 Å². The molecular weight excluding hydrogens is 172 g/mol. The molecule has 1 amide bonds. The van der Waals surface area contributed by atoms with Crippen molar-refractivity contribution < 1.29 is 10.0 Å². The topological polar surface area (TPSA) is 99.7 Å². The number of nitrogens with two attached hydrogens (primary N) is 1. The molecule has 0 saturated carbocycles. The molecule has 1 unspecified atom stereocenters. The summed E-state index contributed by atoms with van der Waals surface area (Å²) < 4.78 is 0. The van der Waals surface area contributed by atoms with Crippen molar-refractivity contribution in [1.82, 2.24) is 10.6 Å². The lowest BCUT2D eigenvalue weighted by Crippen LogP contribution is -2.33. The second-order valence-electron chi connectivity index (χ2n) is 3.00. The molecule has 1 saturated heterocycles. The van der Waals surface area contributed by atoms with Crippen LogP contribution in [0.5, 0.6) is 0 Å². The zero-order valence-corrected chi connectivity index (χ0v) is 7.29. The highest BCUT2D eigenvalue weighted by Gasteiger charge is 2.20. The first kappa shape index (κ1) is 9.79. The average molecular weight is 186 g/mol. The zero-order valence-electron chi connectivity index (χ0n) is 7.29. The van der Waals surface area contributed by atoms with Crippen LogP contribution in [0.4, 0.5) is 0 Å². The fourth-order valence-corrected chi connectivity index (χ4v) is 1.20. The predicted octanol–water partition coefficient (Wildman–Crippen LogP) is -1.40. The van der Waals surface area contributed by atoms with Crippen LogP contribution in [0.15, 0.2) is 5.16 Å². The lowest BCUT2D eigenvalue weighted by molar-refractivity contribution is -0.119. The monoisotopic (exact) mass is 186 g/mol. The van der Waals surface area contributed by atoms with Crippen LogP contribution < -0.4 is 16.4 Å². The third-order valence-corrected chi connectivity index (χ3v) is 1.92. The molecule has 0 aromatic rings. The van der Waals surface area contributed by atoms with Gasteiger partial charge in [-0.3, -0.25) is 4.79 Å². The normalized spacial score (nSPS) is 23.2. The van der Waals surface area contributed by atoms with Gasteiger partial charge in [0.15, 0.2) is 0 Å². The summed E-state index contributed by atoms with van der Waals surface area (Å²) in [6, 6.07) is 0.180. The van der Waals surface area contributed by atoms with Crippen LogP contribution in [0.2, 0.25) is 0 Å². The minimum Gasteiger partial charge on any atom is -0.409 e. The van der Waals surface area contributed by atoms with Crippen molar-refractivity contribution in [3.8, 4) is 0 Å². The van der Waals surface area contributed by atoms with Gasteiger partial charge in [-0.25, -0.2) is 0 Å². The molecule has 0 aromatic carbocycles. The van der Waals surface area contributed by atoms with Crippen molar-refractivity contribution in [3.05, 3.63) is 0 Å². The Labute approximate surface area is 76.2 Å². The Bertz CT molecular complexity index is 217. The molecule has 1 fully saturated rings. The Morgan fingerprint density at radius 3 is 3.15 bits per heavy atom. The first-order valence-corrected chi connectivity index (χ1v) is 4.19. The fraction of sp³-hybridized carbons (Fsp3) is 0.714. The maximum absolute atomic E-state index is 10.8. The van der Waals surface area contributed by atoms with E-state index in [4.69, 9.17) is 10.9 Å². The van der Waals surface area contributed by atoms with Gasteiger partial charge in [-0.1, -0.05) is 5.16 Å². The molecule has 0 aliphatic carbocycles. The summed E-state index contributed by atoms with van der Waals surface area (Å²) >= 11 is 0. The number of nitrogens with zero attached hydrogens (tertiary/aromatic N) is 1. The molecule has 6 heteroatoms. The molecule has 13 heavy (non-hydrogen) atoms. The molecule has 0 radical (unpaired) electrons. The van der Waals surface area contributed by atoms with Gasteiger partial charge in [-0.2, -0.15) is 0 Å². The molecule has 0 aromatic heterocycles. The molecule has 1 heterocycles. The van der Waals surface area contributed by atoms with Crippen LogP contribution in [0.1, 0.15) is 12.8 Å². The smallest absolute Gasteiger partial charge is 0.221 e. The second kappa shape index (κ2) is 4.66. The van der Waals surface area contributed by atoms with E-state index >= 15 is 0 Å². The van der Waals surface area contributed by atoms with Gasteiger partial charge in [0, 0.05) is 32.0 Å². The molecule has 74 valence electrons. The van der Waals surface area contributed by atoms with Crippen molar-refractivity contribution in [1.29, 1.82) is 0 Å². The molecule has 0 bridgehead atoms. The first-order valence-electron chi connectivity index (χ1n) is 4.19. The summed E-state index contributed by atoms with van der Waals surface area (Å²) in [4.78, 5) is 10.8. The lowest BCUT2D eigenvalue weighted by Gasteiger charge is -2.08. The second-order valence-corrected chi connectivity index (χ2v) is 3.00. The summed E-state index contributed by atoms with van der Waals surface area (Å²) in [5.74, 6) is 0.270. The molecule has 1 aliphatic rings. The highest BCUT2D eigenvalue weighted by atomic mass is 16.4. The van der Waals surface area contributed by atoms with Gasteiger partial charge in [-0.15, -0.1) is 0 Å². The first-order chi connectivity index (χ1) is 6.22. The number of rotatable bonds is 4. The molecule has 0 spiro atoms. The van der Waals surface area contributed by atoms with E-state index in [1.807, 2.05) is 0 Å². The van der Waals surface area contributed by atoms with E-state index in [1.54, 1.807) is 0 Å². The number of hydrogen-bond donors (Lipinski definition) is 4. The number of nitrogens with one attached hydrogen (secondary N) is 2. The van der Waals surface area contributed by atoms with Crippen molar-refractivity contribution in [2.24, 2.45) is 10.9 Å². The maximum atomic E-state index is 10.8. The van der Waals surface area contributed by atoms with Crippen LogP contribution in [-0.4, -0.2) is 36.1 Å². The van der Waals surface area contributed by atoms with E-state index in [1.165, 1.54) is 0 Å². The summed E-state index contributed by atoms with van der Waals surface area (Å²) in [5.41, 5.74) is 5.26. The molecule has 5 N–H and O–H groups in total. The van der Waals surface area contributed by atoms with E-state index in [0.29, 0.717) is 25.9 Å². The van der Waals surface area contributed by atoms with Gasteiger partial charge in [-0.05, 0) is 0 Å². The fourth-order valence-electron chi connectivity index (χ4n) is 1.20. The molecular formula is C7H14N4O2. The Balaban J connectivity index is 2.10. The molecule has 1 aliphatic heterocycles.